The highest BCUT2D eigenvalue weighted by Gasteiger charge is 2.38. The van der Waals surface area contributed by atoms with E-state index < -0.39 is 5.97 Å². The number of rotatable bonds is 5. The molecule has 1 fully saturated rings. The number of esters is 1. The molecule has 0 saturated heterocycles. The van der Waals surface area contributed by atoms with Gasteiger partial charge in [-0.2, -0.15) is 0 Å². The molecule has 0 aromatic heterocycles. The van der Waals surface area contributed by atoms with Crippen LogP contribution in [0.4, 0.5) is 0 Å². The van der Waals surface area contributed by atoms with Crippen LogP contribution >= 0.6 is 0 Å². The lowest BCUT2D eigenvalue weighted by Gasteiger charge is -2.42. The van der Waals surface area contributed by atoms with E-state index in [0.717, 1.165) is 12.8 Å². The first-order chi connectivity index (χ1) is 11.6. The number of benzene rings is 2. The second-order valence-electron chi connectivity index (χ2n) is 6.25. The van der Waals surface area contributed by atoms with Crippen LogP contribution in [0.25, 0.3) is 0 Å². The van der Waals surface area contributed by atoms with Crippen molar-refractivity contribution in [1.82, 2.24) is 5.32 Å². The second kappa shape index (κ2) is 6.87. The molecular weight excluding hydrogens is 302 g/mol. The largest absolute Gasteiger partial charge is 0.465 e. The third-order valence-electron chi connectivity index (χ3n) is 4.85. The van der Waals surface area contributed by atoms with Crippen molar-refractivity contribution >= 4 is 11.9 Å². The zero-order valence-electron chi connectivity index (χ0n) is 13.7. The summed E-state index contributed by atoms with van der Waals surface area (Å²) in [7, 11) is 1.34. The molecule has 1 N–H and O–H groups in total. The van der Waals surface area contributed by atoms with E-state index in [4.69, 9.17) is 0 Å². The Kier molecular flexibility index (Phi) is 4.65. The Balaban J connectivity index is 1.66. The van der Waals surface area contributed by atoms with Crippen molar-refractivity contribution in [3.05, 3.63) is 71.3 Å². The lowest BCUT2D eigenvalue weighted by atomic mass is 9.64. The molecule has 0 radical (unpaired) electrons. The van der Waals surface area contributed by atoms with Gasteiger partial charge < -0.3 is 10.1 Å². The number of nitrogens with one attached hydrogen (secondary N) is 1. The van der Waals surface area contributed by atoms with Crippen LogP contribution < -0.4 is 5.32 Å². The van der Waals surface area contributed by atoms with Crippen LogP contribution in [0.3, 0.4) is 0 Å². The Morgan fingerprint density at radius 2 is 1.62 bits per heavy atom. The summed E-state index contributed by atoms with van der Waals surface area (Å²) in [4.78, 5) is 23.8. The maximum Gasteiger partial charge on any atom is 0.337 e. The average Bonchev–Trinajstić information content (AvgIpc) is 2.61. The molecule has 4 nitrogen and oxygen atoms in total. The van der Waals surface area contributed by atoms with E-state index in [1.165, 1.54) is 19.1 Å². The van der Waals surface area contributed by atoms with Crippen molar-refractivity contribution in [1.29, 1.82) is 0 Å². The molecule has 1 amide bonds. The SMILES string of the molecule is COC(=O)c1ccc(C(=O)NCC2(c3ccccc3)CCC2)cc1. The minimum absolute atomic E-state index is 0.0584. The normalized spacial score (nSPS) is 15.2. The van der Waals surface area contributed by atoms with Gasteiger partial charge in [0.2, 0.25) is 0 Å². The van der Waals surface area contributed by atoms with Crippen LogP contribution in [0.2, 0.25) is 0 Å². The summed E-state index contributed by atoms with van der Waals surface area (Å²) in [6.07, 6.45) is 3.38. The molecule has 124 valence electrons. The van der Waals surface area contributed by atoms with Crippen LogP contribution in [-0.2, 0) is 10.2 Å². The van der Waals surface area contributed by atoms with E-state index in [1.807, 2.05) is 18.2 Å². The second-order valence-corrected chi connectivity index (χ2v) is 6.25. The molecule has 2 aromatic carbocycles. The van der Waals surface area contributed by atoms with Crippen LogP contribution in [-0.4, -0.2) is 25.5 Å². The monoisotopic (exact) mass is 323 g/mol. The van der Waals surface area contributed by atoms with Gasteiger partial charge in [0.05, 0.1) is 12.7 Å². The maximum absolute atomic E-state index is 12.4. The van der Waals surface area contributed by atoms with Crippen LogP contribution in [0.5, 0.6) is 0 Å². The third kappa shape index (κ3) is 3.18. The number of hydrogen-bond acceptors (Lipinski definition) is 3. The van der Waals surface area contributed by atoms with Crippen molar-refractivity contribution in [2.24, 2.45) is 0 Å². The van der Waals surface area contributed by atoms with Gasteiger partial charge in [0.1, 0.15) is 0 Å². The molecule has 0 aliphatic heterocycles. The van der Waals surface area contributed by atoms with Crippen LogP contribution in [0.1, 0.15) is 45.5 Å². The van der Waals surface area contributed by atoms with Crippen molar-refractivity contribution in [2.75, 3.05) is 13.7 Å². The summed E-state index contributed by atoms with van der Waals surface area (Å²) in [5.74, 6) is -0.520. The highest BCUT2D eigenvalue weighted by molar-refractivity contribution is 5.96. The Hall–Kier alpha value is -2.62. The summed E-state index contributed by atoms with van der Waals surface area (Å²) in [6.45, 7) is 0.634. The van der Waals surface area contributed by atoms with Gasteiger partial charge in [-0.15, -0.1) is 0 Å². The number of carbonyl (C=O) groups excluding carboxylic acids is 2. The molecule has 24 heavy (non-hydrogen) atoms. The molecule has 3 rings (SSSR count). The van der Waals surface area contributed by atoms with Gasteiger partial charge in [-0.1, -0.05) is 36.8 Å². The lowest BCUT2D eigenvalue weighted by Crippen LogP contribution is -2.45. The first-order valence-corrected chi connectivity index (χ1v) is 8.17. The van der Waals surface area contributed by atoms with Crippen molar-refractivity contribution in [3.63, 3.8) is 0 Å². The average molecular weight is 323 g/mol. The van der Waals surface area contributed by atoms with Gasteiger partial charge in [-0.05, 0) is 42.7 Å². The molecular formula is C20H21NO3. The molecule has 2 aromatic rings. The lowest BCUT2D eigenvalue weighted by molar-refractivity contribution is 0.0600. The Morgan fingerprint density at radius 1 is 1.00 bits per heavy atom. The maximum atomic E-state index is 12.4. The summed E-state index contributed by atoms with van der Waals surface area (Å²) in [6, 6.07) is 16.9. The Morgan fingerprint density at radius 3 is 2.17 bits per heavy atom. The van der Waals surface area contributed by atoms with Crippen molar-refractivity contribution in [3.8, 4) is 0 Å². The van der Waals surface area contributed by atoms with E-state index in [0.29, 0.717) is 17.7 Å². The van der Waals surface area contributed by atoms with Gasteiger partial charge in [-0.25, -0.2) is 4.79 Å². The number of hydrogen-bond donors (Lipinski definition) is 1. The standard InChI is InChI=1S/C20H21NO3/c1-24-19(23)16-10-8-15(9-11-16)18(22)21-14-20(12-5-13-20)17-6-3-2-4-7-17/h2-4,6-11H,5,12-14H2,1H3,(H,21,22). The van der Waals surface area contributed by atoms with Gasteiger partial charge in [-0.3, -0.25) is 4.79 Å². The zero-order chi connectivity index (χ0) is 17.0. The predicted octanol–water partition coefficient (Wildman–Crippen LogP) is 3.32. The number of methoxy groups -OCH3 is 1. The van der Waals surface area contributed by atoms with Gasteiger partial charge in [0, 0.05) is 17.5 Å². The first kappa shape index (κ1) is 16.2. The molecule has 1 saturated carbocycles. The van der Waals surface area contributed by atoms with Gasteiger partial charge >= 0.3 is 5.97 Å². The first-order valence-electron chi connectivity index (χ1n) is 8.17. The summed E-state index contributed by atoms with van der Waals surface area (Å²) in [5, 5.41) is 3.05. The molecule has 0 atom stereocenters. The Labute approximate surface area is 141 Å². The van der Waals surface area contributed by atoms with Gasteiger partial charge in [0.25, 0.3) is 5.91 Å². The zero-order valence-corrected chi connectivity index (χ0v) is 13.7. The van der Waals surface area contributed by atoms with E-state index in [1.54, 1.807) is 24.3 Å². The van der Waals surface area contributed by atoms with E-state index >= 15 is 0 Å². The summed E-state index contributed by atoms with van der Waals surface area (Å²) < 4.78 is 4.66. The van der Waals surface area contributed by atoms with Crippen molar-refractivity contribution < 1.29 is 14.3 Å². The molecule has 4 heteroatoms. The topological polar surface area (TPSA) is 55.4 Å². The van der Waals surface area contributed by atoms with Gasteiger partial charge in [0.15, 0.2) is 0 Å². The highest BCUT2D eigenvalue weighted by atomic mass is 16.5. The third-order valence-corrected chi connectivity index (χ3v) is 4.85. The van der Waals surface area contributed by atoms with Crippen molar-refractivity contribution in [2.45, 2.75) is 24.7 Å². The Bertz CT molecular complexity index is 718. The molecule has 0 heterocycles. The summed E-state index contributed by atoms with van der Waals surface area (Å²) >= 11 is 0. The molecule has 1 aliphatic rings. The minimum atomic E-state index is -0.403. The molecule has 0 spiro atoms. The van der Waals surface area contributed by atoms with E-state index in [-0.39, 0.29) is 11.3 Å². The smallest absolute Gasteiger partial charge is 0.337 e. The minimum Gasteiger partial charge on any atom is -0.465 e. The fourth-order valence-electron chi connectivity index (χ4n) is 3.19. The predicted molar refractivity (Wildman–Crippen MR) is 92.1 cm³/mol. The highest BCUT2D eigenvalue weighted by Crippen LogP contribution is 2.43. The number of ether oxygens (including phenoxy) is 1. The molecule has 0 unspecified atom stereocenters. The number of carbonyl (C=O) groups is 2. The summed E-state index contributed by atoms with van der Waals surface area (Å²) in [5.41, 5.74) is 2.33. The quantitative estimate of drug-likeness (QED) is 0.859. The fourth-order valence-corrected chi connectivity index (χ4v) is 3.19. The number of amides is 1. The van der Waals surface area contributed by atoms with E-state index in [9.17, 15) is 9.59 Å². The molecule has 1 aliphatic carbocycles. The van der Waals surface area contributed by atoms with Crippen LogP contribution in [0.15, 0.2) is 54.6 Å². The fraction of sp³-hybridized carbons (Fsp3) is 0.300. The van der Waals surface area contributed by atoms with E-state index in [2.05, 4.69) is 22.2 Å². The van der Waals surface area contributed by atoms with Crippen LogP contribution in [0, 0.1) is 0 Å². The molecule has 0 bridgehead atoms.